The van der Waals surface area contributed by atoms with Crippen LogP contribution in [0.2, 0.25) is 0 Å². The van der Waals surface area contributed by atoms with Crippen LogP contribution in [0.3, 0.4) is 0 Å². The van der Waals surface area contributed by atoms with Gasteiger partial charge in [-0.15, -0.1) is 0 Å². The van der Waals surface area contributed by atoms with Crippen molar-refractivity contribution in [3.8, 4) is 0 Å². The summed E-state index contributed by atoms with van der Waals surface area (Å²) in [5.74, 6) is 1.96. The number of aryl methyl sites for hydroxylation is 1. The van der Waals surface area contributed by atoms with Crippen molar-refractivity contribution < 1.29 is 4.74 Å². The maximum atomic E-state index is 5.24. The molecule has 98 valence electrons. The summed E-state index contributed by atoms with van der Waals surface area (Å²) in [6, 6.07) is 2.19. The number of rotatable bonds is 5. The van der Waals surface area contributed by atoms with Crippen molar-refractivity contribution in [2.75, 3.05) is 19.0 Å². The highest BCUT2D eigenvalue weighted by Gasteiger charge is 2.15. The summed E-state index contributed by atoms with van der Waals surface area (Å²) >= 11 is 0. The second kappa shape index (κ2) is 5.30. The van der Waals surface area contributed by atoms with E-state index in [9.17, 15) is 0 Å². The van der Waals surface area contributed by atoms with Crippen LogP contribution in [-0.2, 0) is 4.74 Å². The van der Waals surface area contributed by atoms with Crippen LogP contribution in [0.1, 0.15) is 19.5 Å². The highest BCUT2D eigenvalue weighted by Crippen LogP contribution is 2.14. The number of nitrogens with one attached hydrogen (secondary N) is 1. The molecular formula is C12H19N5O. The Kier molecular flexibility index (Phi) is 3.76. The predicted octanol–water partition coefficient (Wildman–Crippen LogP) is 1.52. The van der Waals surface area contributed by atoms with Crippen LogP contribution in [0.5, 0.6) is 0 Å². The van der Waals surface area contributed by atoms with Gasteiger partial charge >= 0.3 is 0 Å². The third-order valence-corrected chi connectivity index (χ3v) is 2.86. The van der Waals surface area contributed by atoms with Crippen LogP contribution in [0.25, 0.3) is 5.78 Å². The van der Waals surface area contributed by atoms with Crippen molar-refractivity contribution in [3.05, 3.63) is 18.1 Å². The lowest BCUT2D eigenvalue weighted by Crippen LogP contribution is -2.31. The molecule has 0 aliphatic heterocycles. The molecule has 0 fully saturated rings. The summed E-state index contributed by atoms with van der Waals surface area (Å²) < 4.78 is 6.94. The van der Waals surface area contributed by atoms with Crippen LogP contribution < -0.4 is 5.32 Å². The standard InChI is InChI=1S/C12H19N5O/c1-8(2)10(6-18-4)16-11-5-9(3)15-12-13-7-14-17(11)12/h5,7-8,10,16H,6H2,1-4H3. The Morgan fingerprint density at radius 3 is 2.89 bits per heavy atom. The van der Waals surface area contributed by atoms with Crippen molar-refractivity contribution in [3.63, 3.8) is 0 Å². The first kappa shape index (κ1) is 12.8. The number of aromatic nitrogens is 4. The predicted molar refractivity (Wildman–Crippen MR) is 69.6 cm³/mol. The largest absolute Gasteiger partial charge is 0.383 e. The number of hydrogen-bond donors (Lipinski definition) is 1. The van der Waals surface area contributed by atoms with Crippen molar-refractivity contribution in [1.29, 1.82) is 0 Å². The molecule has 1 atom stereocenters. The summed E-state index contributed by atoms with van der Waals surface area (Å²) in [4.78, 5) is 8.42. The lowest BCUT2D eigenvalue weighted by atomic mass is 10.1. The van der Waals surface area contributed by atoms with Gasteiger partial charge in [0.05, 0.1) is 12.6 Å². The molecule has 0 amide bonds. The Morgan fingerprint density at radius 2 is 2.22 bits per heavy atom. The number of hydrogen-bond acceptors (Lipinski definition) is 5. The molecule has 0 bridgehead atoms. The molecule has 2 aromatic heterocycles. The minimum absolute atomic E-state index is 0.226. The van der Waals surface area contributed by atoms with E-state index in [2.05, 4.69) is 34.2 Å². The Balaban J connectivity index is 2.32. The summed E-state index contributed by atoms with van der Waals surface area (Å²) in [6.07, 6.45) is 1.51. The molecule has 1 unspecified atom stereocenters. The van der Waals surface area contributed by atoms with Crippen LogP contribution in [0.15, 0.2) is 12.4 Å². The van der Waals surface area contributed by atoms with E-state index in [1.807, 2.05) is 13.0 Å². The van der Waals surface area contributed by atoms with E-state index in [0.717, 1.165) is 11.5 Å². The van der Waals surface area contributed by atoms with Crippen LogP contribution in [-0.4, -0.2) is 39.3 Å². The first-order valence-electron chi connectivity index (χ1n) is 6.04. The monoisotopic (exact) mass is 249 g/mol. The van der Waals surface area contributed by atoms with E-state index in [-0.39, 0.29) is 6.04 Å². The van der Waals surface area contributed by atoms with Gasteiger partial charge < -0.3 is 10.1 Å². The van der Waals surface area contributed by atoms with Gasteiger partial charge in [0.2, 0.25) is 0 Å². The molecule has 0 saturated carbocycles. The summed E-state index contributed by atoms with van der Waals surface area (Å²) in [5.41, 5.74) is 0.915. The topological polar surface area (TPSA) is 64.3 Å². The molecule has 18 heavy (non-hydrogen) atoms. The normalized spacial score (nSPS) is 13.2. The van der Waals surface area contributed by atoms with Crippen molar-refractivity contribution >= 4 is 11.6 Å². The van der Waals surface area contributed by atoms with Crippen LogP contribution >= 0.6 is 0 Å². The summed E-state index contributed by atoms with van der Waals surface area (Å²) in [5, 5.41) is 7.62. The van der Waals surface area contributed by atoms with Gasteiger partial charge in [0.25, 0.3) is 5.78 Å². The SMILES string of the molecule is COCC(Nc1cc(C)nc2ncnn12)C(C)C. The van der Waals surface area contributed by atoms with E-state index in [0.29, 0.717) is 18.3 Å². The lowest BCUT2D eigenvalue weighted by molar-refractivity contribution is 0.171. The Bertz CT molecular complexity index is 522. The maximum Gasteiger partial charge on any atom is 0.254 e. The fourth-order valence-corrected chi connectivity index (χ4v) is 1.80. The smallest absolute Gasteiger partial charge is 0.254 e. The van der Waals surface area contributed by atoms with E-state index >= 15 is 0 Å². The number of fused-ring (bicyclic) bond motifs is 1. The molecular weight excluding hydrogens is 230 g/mol. The van der Waals surface area contributed by atoms with Gasteiger partial charge in [0.15, 0.2) is 0 Å². The maximum absolute atomic E-state index is 5.24. The molecule has 0 saturated heterocycles. The molecule has 0 aromatic carbocycles. The van der Waals surface area contributed by atoms with Crippen LogP contribution in [0, 0.1) is 12.8 Å². The zero-order valence-electron chi connectivity index (χ0n) is 11.2. The molecule has 2 aromatic rings. The van der Waals surface area contributed by atoms with Crippen molar-refractivity contribution in [2.45, 2.75) is 26.8 Å². The van der Waals surface area contributed by atoms with E-state index in [1.165, 1.54) is 6.33 Å². The van der Waals surface area contributed by atoms with Crippen molar-refractivity contribution in [2.24, 2.45) is 5.92 Å². The van der Waals surface area contributed by atoms with Gasteiger partial charge in [-0.05, 0) is 12.8 Å². The van der Waals surface area contributed by atoms with E-state index < -0.39 is 0 Å². The first-order chi connectivity index (χ1) is 8.61. The fraction of sp³-hybridized carbons (Fsp3) is 0.583. The van der Waals surface area contributed by atoms with Gasteiger partial charge in [0.1, 0.15) is 12.1 Å². The average molecular weight is 249 g/mol. The third kappa shape index (κ3) is 2.59. The Morgan fingerprint density at radius 1 is 1.44 bits per heavy atom. The zero-order chi connectivity index (χ0) is 13.1. The minimum Gasteiger partial charge on any atom is -0.383 e. The van der Waals surface area contributed by atoms with E-state index in [4.69, 9.17) is 4.74 Å². The van der Waals surface area contributed by atoms with Gasteiger partial charge in [-0.2, -0.15) is 14.6 Å². The second-order valence-corrected chi connectivity index (χ2v) is 4.70. The first-order valence-corrected chi connectivity index (χ1v) is 6.04. The van der Waals surface area contributed by atoms with Crippen LogP contribution in [0.4, 0.5) is 5.82 Å². The Labute approximate surface area is 106 Å². The molecule has 0 aliphatic carbocycles. The third-order valence-electron chi connectivity index (χ3n) is 2.86. The fourth-order valence-electron chi connectivity index (χ4n) is 1.80. The highest BCUT2D eigenvalue weighted by molar-refractivity contribution is 5.45. The average Bonchev–Trinajstić information content (AvgIpc) is 2.76. The number of nitrogens with zero attached hydrogens (tertiary/aromatic N) is 4. The quantitative estimate of drug-likeness (QED) is 0.870. The molecule has 6 nitrogen and oxygen atoms in total. The Hall–Kier alpha value is -1.69. The van der Waals surface area contributed by atoms with Gasteiger partial charge in [-0.3, -0.25) is 0 Å². The molecule has 0 spiro atoms. The molecule has 2 rings (SSSR count). The van der Waals surface area contributed by atoms with Gasteiger partial charge in [0, 0.05) is 18.9 Å². The molecule has 0 aliphatic rings. The van der Waals surface area contributed by atoms with Crippen molar-refractivity contribution in [1.82, 2.24) is 19.6 Å². The number of ether oxygens (including phenoxy) is 1. The highest BCUT2D eigenvalue weighted by atomic mass is 16.5. The zero-order valence-corrected chi connectivity index (χ0v) is 11.2. The summed E-state index contributed by atoms with van der Waals surface area (Å²) in [6.45, 7) is 6.91. The van der Waals surface area contributed by atoms with Gasteiger partial charge in [-0.1, -0.05) is 13.8 Å². The number of anilines is 1. The molecule has 2 heterocycles. The lowest BCUT2D eigenvalue weighted by Gasteiger charge is -2.22. The minimum atomic E-state index is 0.226. The van der Waals surface area contributed by atoms with Gasteiger partial charge in [-0.25, -0.2) is 4.98 Å². The second-order valence-electron chi connectivity index (χ2n) is 4.70. The summed E-state index contributed by atoms with van der Waals surface area (Å²) in [7, 11) is 1.71. The molecule has 0 radical (unpaired) electrons. The van der Waals surface area contributed by atoms with E-state index in [1.54, 1.807) is 11.6 Å². The molecule has 1 N–H and O–H groups in total. The number of methoxy groups -OCH3 is 1. The molecule has 6 heteroatoms.